The molecule has 120 valence electrons. The maximum Gasteiger partial charge on any atom is 0.0576 e. The zero-order chi connectivity index (χ0) is 15.1. The second kappa shape index (κ2) is 8.60. The van der Waals surface area contributed by atoms with E-state index in [1.807, 2.05) is 0 Å². The molecule has 2 atom stereocenters. The highest BCUT2D eigenvalue weighted by molar-refractivity contribution is 5.16. The summed E-state index contributed by atoms with van der Waals surface area (Å²) in [7, 11) is 0. The Morgan fingerprint density at radius 2 is 2.29 bits per heavy atom. The zero-order valence-electron chi connectivity index (χ0n) is 14.0. The van der Waals surface area contributed by atoms with Gasteiger partial charge in [0.2, 0.25) is 0 Å². The number of hydrogen-bond donors (Lipinski definition) is 1. The Bertz CT molecular complexity index is 394. The fraction of sp³-hybridized carbons (Fsp3) is 0.778. The maximum absolute atomic E-state index is 5.69. The summed E-state index contributed by atoms with van der Waals surface area (Å²) < 4.78 is 8.03. The average molecular weight is 292 g/mol. The standard InChI is InChI=1S/C18H32N2O/c1-4-10-19-18(15(2)3)16-9-12-20(14-16)11-5-7-17-8-6-13-21-17/h9,12,14-15,17-19H,4-8,10-11,13H2,1-3H3. The Hall–Kier alpha value is -0.800. The molecule has 0 aromatic carbocycles. The molecule has 1 N–H and O–H groups in total. The van der Waals surface area contributed by atoms with Crippen LogP contribution in [-0.4, -0.2) is 23.8 Å². The van der Waals surface area contributed by atoms with Crippen LogP contribution in [0.1, 0.15) is 64.5 Å². The average Bonchev–Trinajstić information content (AvgIpc) is 3.11. The molecule has 2 unspecified atom stereocenters. The molecule has 1 saturated heterocycles. The van der Waals surface area contributed by atoms with Gasteiger partial charge in [-0.25, -0.2) is 0 Å². The van der Waals surface area contributed by atoms with E-state index in [4.69, 9.17) is 4.74 Å². The minimum Gasteiger partial charge on any atom is -0.378 e. The molecule has 0 aliphatic carbocycles. The third kappa shape index (κ3) is 5.15. The molecule has 1 aliphatic heterocycles. The van der Waals surface area contributed by atoms with Crippen LogP contribution in [0.2, 0.25) is 0 Å². The highest BCUT2D eigenvalue weighted by atomic mass is 16.5. The van der Waals surface area contributed by atoms with Crippen LogP contribution < -0.4 is 5.32 Å². The van der Waals surface area contributed by atoms with E-state index in [2.05, 4.69) is 49.1 Å². The van der Waals surface area contributed by atoms with Crippen molar-refractivity contribution in [2.75, 3.05) is 13.2 Å². The number of aromatic nitrogens is 1. The molecule has 0 radical (unpaired) electrons. The van der Waals surface area contributed by atoms with Gasteiger partial charge in [0.1, 0.15) is 0 Å². The summed E-state index contributed by atoms with van der Waals surface area (Å²) in [5.41, 5.74) is 1.43. The Morgan fingerprint density at radius 1 is 1.43 bits per heavy atom. The molecule has 0 spiro atoms. The molecule has 1 aromatic heterocycles. The number of aryl methyl sites for hydroxylation is 1. The van der Waals surface area contributed by atoms with E-state index in [-0.39, 0.29) is 0 Å². The van der Waals surface area contributed by atoms with Crippen LogP contribution in [0.15, 0.2) is 18.5 Å². The Balaban J connectivity index is 1.81. The van der Waals surface area contributed by atoms with Crippen LogP contribution in [-0.2, 0) is 11.3 Å². The highest BCUT2D eigenvalue weighted by Gasteiger charge is 2.17. The first-order valence-electron chi connectivity index (χ1n) is 8.71. The number of nitrogens with one attached hydrogen (secondary N) is 1. The van der Waals surface area contributed by atoms with E-state index in [1.54, 1.807) is 0 Å². The Morgan fingerprint density at radius 3 is 2.95 bits per heavy atom. The molecule has 1 aliphatic rings. The van der Waals surface area contributed by atoms with E-state index in [0.29, 0.717) is 18.1 Å². The molecule has 0 bridgehead atoms. The summed E-state index contributed by atoms with van der Waals surface area (Å²) in [5, 5.41) is 3.67. The third-order valence-corrected chi connectivity index (χ3v) is 4.38. The summed E-state index contributed by atoms with van der Waals surface area (Å²) in [5.74, 6) is 0.624. The fourth-order valence-electron chi connectivity index (χ4n) is 3.19. The predicted octanol–water partition coefficient (Wildman–Crippen LogP) is 4.14. The van der Waals surface area contributed by atoms with E-state index in [0.717, 1.165) is 19.7 Å². The molecular weight excluding hydrogens is 260 g/mol. The van der Waals surface area contributed by atoms with Crippen molar-refractivity contribution >= 4 is 0 Å². The van der Waals surface area contributed by atoms with Gasteiger partial charge in [0.05, 0.1) is 6.10 Å². The first kappa shape index (κ1) is 16.6. The molecule has 0 saturated carbocycles. The van der Waals surface area contributed by atoms with Crippen molar-refractivity contribution in [1.29, 1.82) is 0 Å². The van der Waals surface area contributed by atoms with Gasteiger partial charge in [-0.15, -0.1) is 0 Å². The zero-order valence-corrected chi connectivity index (χ0v) is 14.0. The number of rotatable bonds is 9. The summed E-state index contributed by atoms with van der Waals surface area (Å²) in [4.78, 5) is 0. The van der Waals surface area contributed by atoms with Crippen LogP contribution >= 0.6 is 0 Å². The number of hydrogen-bond acceptors (Lipinski definition) is 2. The Kier molecular flexibility index (Phi) is 6.78. The molecule has 3 heteroatoms. The van der Waals surface area contributed by atoms with E-state index < -0.39 is 0 Å². The monoisotopic (exact) mass is 292 g/mol. The lowest BCUT2D eigenvalue weighted by Crippen LogP contribution is -2.26. The van der Waals surface area contributed by atoms with E-state index >= 15 is 0 Å². The van der Waals surface area contributed by atoms with E-state index in [1.165, 1.54) is 37.7 Å². The van der Waals surface area contributed by atoms with Gasteiger partial charge in [-0.05, 0) is 56.2 Å². The minimum atomic E-state index is 0.476. The van der Waals surface area contributed by atoms with Gasteiger partial charge in [-0.1, -0.05) is 20.8 Å². The molecule has 2 heterocycles. The van der Waals surface area contributed by atoms with Crippen LogP contribution in [0.25, 0.3) is 0 Å². The molecule has 2 rings (SSSR count). The number of ether oxygens (including phenoxy) is 1. The van der Waals surface area contributed by atoms with Crippen LogP contribution in [0.5, 0.6) is 0 Å². The van der Waals surface area contributed by atoms with Gasteiger partial charge in [0, 0.05) is 31.6 Å². The van der Waals surface area contributed by atoms with Gasteiger partial charge in [-0.3, -0.25) is 0 Å². The Labute approximate surface area is 130 Å². The summed E-state index contributed by atoms with van der Waals surface area (Å²) in [6, 6.07) is 2.75. The second-order valence-corrected chi connectivity index (χ2v) is 6.64. The first-order valence-corrected chi connectivity index (χ1v) is 8.71. The van der Waals surface area contributed by atoms with Gasteiger partial charge in [0.25, 0.3) is 0 Å². The van der Waals surface area contributed by atoms with Crippen LogP contribution in [0, 0.1) is 5.92 Å². The number of nitrogens with zero attached hydrogens (tertiary/aromatic N) is 1. The summed E-state index contributed by atoms with van der Waals surface area (Å²) >= 11 is 0. The summed E-state index contributed by atoms with van der Waals surface area (Å²) in [6.45, 7) is 9.98. The van der Waals surface area contributed by atoms with Crippen LogP contribution in [0.4, 0.5) is 0 Å². The fourth-order valence-corrected chi connectivity index (χ4v) is 3.19. The van der Waals surface area contributed by atoms with Crippen molar-refractivity contribution in [2.24, 2.45) is 5.92 Å². The molecular formula is C18H32N2O. The van der Waals surface area contributed by atoms with Crippen molar-refractivity contribution in [3.8, 4) is 0 Å². The SMILES string of the molecule is CCCNC(c1ccn(CCCC2CCCO2)c1)C(C)C. The minimum absolute atomic E-state index is 0.476. The van der Waals surface area contributed by atoms with Gasteiger partial charge >= 0.3 is 0 Å². The predicted molar refractivity (Wildman–Crippen MR) is 88.5 cm³/mol. The van der Waals surface area contributed by atoms with Crippen molar-refractivity contribution in [3.05, 3.63) is 24.0 Å². The lowest BCUT2D eigenvalue weighted by molar-refractivity contribution is 0.101. The summed E-state index contributed by atoms with van der Waals surface area (Å²) in [6.07, 6.45) is 11.2. The van der Waals surface area contributed by atoms with Crippen molar-refractivity contribution in [2.45, 2.75) is 71.6 Å². The normalized spacial score (nSPS) is 20.3. The topological polar surface area (TPSA) is 26.2 Å². The molecule has 1 aromatic rings. The van der Waals surface area contributed by atoms with Crippen molar-refractivity contribution in [1.82, 2.24) is 9.88 Å². The molecule has 0 amide bonds. The third-order valence-electron chi connectivity index (χ3n) is 4.38. The lowest BCUT2D eigenvalue weighted by Gasteiger charge is -2.21. The second-order valence-electron chi connectivity index (χ2n) is 6.64. The quantitative estimate of drug-likeness (QED) is 0.740. The maximum atomic E-state index is 5.69. The van der Waals surface area contributed by atoms with Gasteiger partial charge in [-0.2, -0.15) is 0 Å². The molecule has 1 fully saturated rings. The molecule has 21 heavy (non-hydrogen) atoms. The largest absolute Gasteiger partial charge is 0.378 e. The highest BCUT2D eigenvalue weighted by Crippen LogP contribution is 2.22. The van der Waals surface area contributed by atoms with Crippen molar-refractivity contribution in [3.63, 3.8) is 0 Å². The molecule has 3 nitrogen and oxygen atoms in total. The van der Waals surface area contributed by atoms with Crippen LogP contribution in [0.3, 0.4) is 0 Å². The van der Waals surface area contributed by atoms with Gasteiger partial charge < -0.3 is 14.6 Å². The van der Waals surface area contributed by atoms with Crippen molar-refractivity contribution < 1.29 is 4.74 Å². The first-order chi connectivity index (χ1) is 10.2. The van der Waals surface area contributed by atoms with Gasteiger partial charge in [0.15, 0.2) is 0 Å². The lowest BCUT2D eigenvalue weighted by atomic mass is 9.98. The van der Waals surface area contributed by atoms with E-state index in [9.17, 15) is 0 Å². The smallest absolute Gasteiger partial charge is 0.0576 e.